The number of amides is 1. The van der Waals surface area contributed by atoms with Gasteiger partial charge in [-0.1, -0.05) is 12.1 Å². The lowest BCUT2D eigenvalue weighted by Crippen LogP contribution is -2.44. The average molecular weight is 354 g/mol. The zero-order valence-electron chi connectivity index (χ0n) is 14.5. The summed E-state index contributed by atoms with van der Waals surface area (Å²) in [7, 11) is -1.57. The molecule has 6 nitrogen and oxygen atoms in total. The molecule has 2 rings (SSSR count). The number of sulfonamides is 1. The number of ether oxygens (including phenoxy) is 1. The van der Waals surface area contributed by atoms with Crippen molar-refractivity contribution in [3.05, 3.63) is 29.3 Å². The fourth-order valence-corrected chi connectivity index (χ4v) is 3.53. The molecule has 1 unspecified atom stereocenters. The Morgan fingerprint density at radius 3 is 2.83 bits per heavy atom. The molecule has 0 aromatic heterocycles. The molecule has 1 saturated heterocycles. The van der Waals surface area contributed by atoms with Gasteiger partial charge in [-0.25, -0.2) is 13.1 Å². The maximum atomic E-state index is 12.5. The quantitative estimate of drug-likeness (QED) is 0.836. The molecule has 7 heteroatoms. The van der Waals surface area contributed by atoms with E-state index in [0.29, 0.717) is 19.5 Å². The van der Waals surface area contributed by atoms with E-state index in [-0.39, 0.29) is 11.8 Å². The number of hydrogen-bond donors (Lipinski definition) is 1. The van der Waals surface area contributed by atoms with E-state index in [9.17, 15) is 13.2 Å². The third kappa shape index (κ3) is 5.49. The molecule has 134 valence electrons. The van der Waals surface area contributed by atoms with Gasteiger partial charge >= 0.3 is 0 Å². The third-order valence-electron chi connectivity index (χ3n) is 4.33. The fourth-order valence-electron chi connectivity index (χ4n) is 2.99. The van der Waals surface area contributed by atoms with Crippen LogP contribution < -0.4 is 9.46 Å². The average Bonchev–Trinajstić information content (AvgIpc) is 2.54. The minimum Gasteiger partial charge on any atom is -0.496 e. The summed E-state index contributed by atoms with van der Waals surface area (Å²) in [5.41, 5.74) is 1.97. The van der Waals surface area contributed by atoms with Gasteiger partial charge in [-0.3, -0.25) is 4.79 Å². The third-order valence-corrected chi connectivity index (χ3v) is 5.02. The topological polar surface area (TPSA) is 75.7 Å². The first-order valence-corrected chi connectivity index (χ1v) is 10.0. The summed E-state index contributed by atoms with van der Waals surface area (Å²) in [6.45, 7) is 3.69. The molecule has 0 bridgehead atoms. The summed E-state index contributed by atoms with van der Waals surface area (Å²) in [4.78, 5) is 14.4. The minimum atomic E-state index is -3.19. The number of likely N-dealkylation sites (tertiary alicyclic amines) is 1. The molecule has 1 N–H and O–H groups in total. The molecule has 1 atom stereocenters. The van der Waals surface area contributed by atoms with Crippen molar-refractivity contribution in [2.45, 2.75) is 26.2 Å². The number of nitrogens with zero attached hydrogens (tertiary/aromatic N) is 1. The lowest BCUT2D eigenvalue weighted by atomic mass is 9.97. The summed E-state index contributed by atoms with van der Waals surface area (Å²) in [6.07, 6.45) is 3.33. The molecule has 1 aliphatic rings. The van der Waals surface area contributed by atoms with Crippen molar-refractivity contribution in [3.63, 3.8) is 0 Å². The Labute approximate surface area is 144 Å². The number of methoxy groups -OCH3 is 1. The number of carbonyl (C=O) groups is 1. The first kappa shape index (κ1) is 18.7. The predicted molar refractivity (Wildman–Crippen MR) is 93.6 cm³/mol. The number of carbonyl (C=O) groups excluding carboxylic acids is 1. The Morgan fingerprint density at radius 2 is 2.17 bits per heavy atom. The van der Waals surface area contributed by atoms with Gasteiger partial charge in [-0.2, -0.15) is 0 Å². The van der Waals surface area contributed by atoms with Crippen LogP contribution in [0.3, 0.4) is 0 Å². The van der Waals surface area contributed by atoms with Crippen LogP contribution in [0.5, 0.6) is 5.75 Å². The van der Waals surface area contributed by atoms with Crippen molar-refractivity contribution in [2.24, 2.45) is 5.92 Å². The van der Waals surface area contributed by atoms with Crippen molar-refractivity contribution >= 4 is 15.9 Å². The van der Waals surface area contributed by atoms with Crippen molar-refractivity contribution in [1.82, 2.24) is 9.62 Å². The number of rotatable bonds is 6. The molecule has 0 spiro atoms. The normalized spacial score (nSPS) is 18.5. The Bertz CT molecular complexity index is 688. The fraction of sp³-hybridized carbons (Fsp3) is 0.588. The van der Waals surface area contributed by atoms with Gasteiger partial charge in [0.1, 0.15) is 5.75 Å². The van der Waals surface area contributed by atoms with Crippen molar-refractivity contribution < 1.29 is 17.9 Å². The first-order chi connectivity index (χ1) is 11.3. The molecule has 0 aliphatic carbocycles. The summed E-state index contributed by atoms with van der Waals surface area (Å²) in [5.74, 6) is 1.03. The molecule has 0 saturated carbocycles. The highest BCUT2D eigenvalue weighted by Crippen LogP contribution is 2.21. The molecule has 1 aromatic rings. The zero-order valence-corrected chi connectivity index (χ0v) is 15.4. The Balaban J connectivity index is 1.94. The second-order valence-electron chi connectivity index (χ2n) is 6.45. The maximum Gasteiger partial charge on any atom is 0.227 e. The van der Waals surface area contributed by atoms with E-state index < -0.39 is 10.0 Å². The molecule has 1 fully saturated rings. The van der Waals surface area contributed by atoms with Gasteiger partial charge < -0.3 is 9.64 Å². The standard InChI is InChI=1S/C17H26N2O4S/c1-13-6-7-14(9-16(13)23-2)10-17(20)19-8-4-5-15(12-19)11-18-24(3,21)22/h6-7,9,15,18H,4-5,8,10-12H2,1-3H3. The first-order valence-electron chi connectivity index (χ1n) is 8.14. The molecule has 24 heavy (non-hydrogen) atoms. The van der Waals surface area contributed by atoms with Gasteiger partial charge in [0.25, 0.3) is 0 Å². The Morgan fingerprint density at radius 1 is 1.42 bits per heavy atom. The molecule has 1 amide bonds. The van der Waals surface area contributed by atoms with E-state index in [1.54, 1.807) is 7.11 Å². The van der Waals surface area contributed by atoms with Crippen LogP contribution >= 0.6 is 0 Å². The monoisotopic (exact) mass is 354 g/mol. The molecular formula is C17H26N2O4S. The van der Waals surface area contributed by atoms with Gasteiger partial charge in [0.15, 0.2) is 0 Å². The van der Waals surface area contributed by atoms with Crippen molar-refractivity contribution in [1.29, 1.82) is 0 Å². The van der Waals surface area contributed by atoms with E-state index >= 15 is 0 Å². The molecule has 1 aromatic carbocycles. The van der Waals surface area contributed by atoms with Gasteiger partial charge in [0.2, 0.25) is 15.9 Å². The highest BCUT2D eigenvalue weighted by atomic mass is 32.2. The second kappa shape index (κ2) is 7.98. The van der Waals surface area contributed by atoms with Crippen LogP contribution in [0.4, 0.5) is 0 Å². The van der Waals surface area contributed by atoms with Crippen molar-refractivity contribution in [2.75, 3.05) is 33.0 Å². The highest BCUT2D eigenvalue weighted by molar-refractivity contribution is 7.88. The van der Waals surface area contributed by atoms with E-state index in [1.807, 2.05) is 30.0 Å². The lowest BCUT2D eigenvalue weighted by Gasteiger charge is -2.33. The van der Waals surface area contributed by atoms with Gasteiger partial charge in [-0.05, 0) is 42.9 Å². The van der Waals surface area contributed by atoms with Crippen LogP contribution in [0.25, 0.3) is 0 Å². The molecule has 1 aliphatic heterocycles. The summed E-state index contributed by atoms with van der Waals surface area (Å²) in [6, 6.07) is 5.80. The number of hydrogen-bond acceptors (Lipinski definition) is 4. The van der Waals surface area contributed by atoms with Gasteiger partial charge in [-0.15, -0.1) is 0 Å². The number of benzene rings is 1. The van der Waals surface area contributed by atoms with Gasteiger partial charge in [0.05, 0.1) is 19.8 Å². The number of piperidine rings is 1. The number of aryl methyl sites for hydroxylation is 1. The van der Waals surface area contributed by atoms with E-state index in [1.165, 1.54) is 0 Å². The van der Waals surface area contributed by atoms with Crippen LogP contribution in [-0.2, 0) is 21.2 Å². The maximum absolute atomic E-state index is 12.5. The molecule has 1 heterocycles. The summed E-state index contributed by atoms with van der Waals surface area (Å²) < 4.78 is 30.3. The van der Waals surface area contributed by atoms with Crippen molar-refractivity contribution in [3.8, 4) is 5.75 Å². The van der Waals surface area contributed by atoms with Crippen LogP contribution in [0.15, 0.2) is 18.2 Å². The molecule has 0 radical (unpaired) electrons. The SMILES string of the molecule is COc1cc(CC(=O)N2CCCC(CNS(C)(=O)=O)C2)ccc1C. The Hall–Kier alpha value is -1.60. The predicted octanol–water partition coefficient (Wildman–Crippen LogP) is 1.33. The highest BCUT2D eigenvalue weighted by Gasteiger charge is 2.24. The summed E-state index contributed by atoms with van der Waals surface area (Å²) >= 11 is 0. The van der Waals surface area contributed by atoms with Crippen LogP contribution in [-0.4, -0.2) is 52.2 Å². The second-order valence-corrected chi connectivity index (χ2v) is 8.28. The largest absolute Gasteiger partial charge is 0.496 e. The van der Waals surface area contributed by atoms with Crippen LogP contribution in [0.2, 0.25) is 0 Å². The zero-order chi connectivity index (χ0) is 17.7. The lowest BCUT2D eigenvalue weighted by molar-refractivity contribution is -0.132. The van der Waals surface area contributed by atoms with Crippen LogP contribution in [0, 0.1) is 12.8 Å². The minimum absolute atomic E-state index is 0.0740. The number of nitrogens with one attached hydrogen (secondary N) is 1. The summed E-state index contributed by atoms with van der Waals surface area (Å²) in [5, 5.41) is 0. The van der Waals surface area contributed by atoms with Gasteiger partial charge in [0, 0.05) is 19.6 Å². The van der Waals surface area contributed by atoms with Crippen LogP contribution in [0.1, 0.15) is 24.0 Å². The molecular weight excluding hydrogens is 328 g/mol. The van der Waals surface area contributed by atoms with E-state index in [0.717, 1.165) is 42.5 Å². The Kier molecular flexibility index (Phi) is 6.23. The van der Waals surface area contributed by atoms with E-state index in [4.69, 9.17) is 4.74 Å². The van der Waals surface area contributed by atoms with E-state index in [2.05, 4.69) is 4.72 Å². The smallest absolute Gasteiger partial charge is 0.227 e.